The van der Waals surface area contributed by atoms with Gasteiger partial charge in [-0.05, 0) is 13.8 Å². The topological polar surface area (TPSA) is 18.5 Å². The molecule has 0 saturated carbocycles. The fraction of sp³-hybridized carbons (Fsp3) is 1.00. The van der Waals surface area contributed by atoms with E-state index in [1.165, 1.54) is 0 Å². The summed E-state index contributed by atoms with van der Waals surface area (Å²) < 4.78 is 13.2. The molecule has 0 bridgehead atoms. The standard InChI is InChI=1S/C14H34N2O2.2HI/c1-7-15(3,4)9-11-17-13-14-18-12-10-16(5,6)8-2;;/h7-14H2,1-6H3;2*1H/q+2;;/p-2. The average Bonchev–Trinajstić information content (AvgIpc) is 2.32. The molecule has 0 spiro atoms. The second-order valence-electron chi connectivity index (χ2n) is 6.18. The fourth-order valence-electron chi connectivity index (χ4n) is 1.26. The lowest BCUT2D eigenvalue weighted by Gasteiger charge is -2.28. The van der Waals surface area contributed by atoms with Gasteiger partial charge < -0.3 is 66.4 Å². The van der Waals surface area contributed by atoms with Crippen LogP contribution in [0.15, 0.2) is 0 Å². The predicted molar refractivity (Wildman–Crippen MR) is 76.7 cm³/mol. The third-order valence-corrected chi connectivity index (χ3v) is 3.77. The third-order valence-electron chi connectivity index (χ3n) is 3.77. The summed E-state index contributed by atoms with van der Waals surface area (Å²) in [6.45, 7) is 11.9. The Kier molecular flexibility index (Phi) is 18.3. The first kappa shape index (κ1) is 26.2. The number of likely N-dealkylation sites (N-methyl/N-ethyl adjacent to an activating group) is 2. The van der Waals surface area contributed by atoms with Gasteiger partial charge in [0, 0.05) is 0 Å². The first-order valence-corrected chi connectivity index (χ1v) is 7.12. The van der Waals surface area contributed by atoms with E-state index in [1.54, 1.807) is 0 Å². The molecule has 4 nitrogen and oxygen atoms in total. The highest BCUT2D eigenvalue weighted by atomic mass is 127. The Morgan fingerprint density at radius 2 is 0.900 bits per heavy atom. The normalized spacial score (nSPS) is 11.7. The molecule has 0 saturated heterocycles. The van der Waals surface area contributed by atoms with Crippen molar-refractivity contribution in [2.75, 3.05) is 80.8 Å². The van der Waals surface area contributed by atoms with Gasteiger partial charge in [-0.15, -0.1) is 0 Å². The van der Waals surface area contributed by atoms with Crippen LogP contribution in [0.4, 0.5) is 0 Å². The largest absolute Gasteiger partial charge is 1.00 e. The van der Waals surface area contributed by atoms with Gasteiger partial charge >= 0.3 is 0 Å². The van der Waals surface area contributed by atoms with Gasteiger partial charge in [0.1, 0.15) is 13.1 Å². The van der Waals surface area contributed by atoms with Gasteiger partial charge in [0.2, 0.25) is 0 Å². The van der Waals surface area contributed by atoms with E-state index >= 15 is 0 Å². The van der Waals surface area contributed by atoms with Crippen molar-refractivity contribution in [3.05, 3.63) is 0 Å². The Morgan fingerprint density at radius 1 is 0.600 bits per heavy atom. The molecule has 0 heterocycles. The quantitative estimate of drug-likeness (QED) is 0.156. The molecule has 0 unspecified atom stereocenters. The summed E-state index contributed by atoms with van der Waals surface area (Å²) in [5.41, 5.74) is 0. The maximum Gasteiger partial charge on any atom is 0.102 e. The van der Waals surface area contributed by atoms with Crippen molar-refractivity contribution < 1.29 is 66.4 Å². The zero-order chi connectivity index (χ0) is 14.1. The first-order chi connectivity index (χ1) is 8.33. The Bertz CT molecular complexity index is 193. The van der Waals surface area contributed by atoms with Crippen molar-refractivity contribution in [2.24, 2.45) is 0 Å². The van der Waals surface area contributed by atoms with Crippen LogP contribution >= 0.6 is 0 Å². The minimum Gasteiger partial charge on any atom is -1.00 e. The minimum absolute atomic E-state index is 0. The number of hydrogen-bond donors (Lipinski definition) is 0. The maximum atomic E-state index is 5.58. The molecule has 0 aliphatic heterocycles. The Morgan fingerprint density at radius 3 is 1.15 bits per heavy atom. The van der Waals surface area contributed by atoms with E-state index in [1.807, 2.05) is 0 Å². The van der Waals surface area contributed by atoms with Crippen LogP contribution in [0, 0.1) is 0 Å². The second-order valence-corrected chi connectivity index (χ2v) is 6.18. The van der Waals surface area contributed by atoms with Gasteiger partial charge in [-0.25, -0.2) is 0 Å². The van der Waals surface area contributed by atoms with Crippen molar-refractivity contribution in [1.82, 2.24) is 0 Å². The molecule has 0 aromatic rings. The molecule has 0 radical (unpaired) electrons. The second kappa shape index (κ2) is 13.9. The number of rotatable bonds is 11. The number of halogens is 2. The summed E-state index contributed by atoms with van der Waals surface area (Å²) in [6.07, 6.45) is 0. The Hall–Kier alpha value is 1.30. The molecule has 0 amide bonds. The van der Waals surface area contributed by atoms with E-state index in [2.05, 4.69) is 42.0 Å². The molecule has 0 aliphatic carbocycles. The average molecular weight is 516 g/mol. The van der Waals surface area contributed by atoms with E-state index in [4.69, 9.17) is 9.47 Å². The molecule has 0 aromatic heterocycles. The molecule has 126 valence electrons. The van der Waals surface area contributed by atoms with E-state index in [0.29, 0.717) is 13.2 Å². The first-order valence-electron chi connectivity index (χ1n) is 7.12. The summed E-state index contributed by atoms with van der Waals surface area (Å²) in [5, 5.41) is 0. The fourth-order valence-corrected chi connectivity index (χ4v) is 1.26. The smallest absolute Gasteiger partial charge is 0.102 e. The summed E-state index contributed by atoms with van der Waals surface area (Å²) >= 11 is 0. The van der Waals surface area contributed by atoms with Gasteiger partial charge in [-0.1, -0.05) is 0 Å². The molecule has 0 N–H and O–H groups in total. The molecule has 0 rings (SSSR count). The minimum atomic E-state index is 0. The highest BCUT2D eigenvalue weighted by Crippen LogP contribution is 1.96. The van der Waals surface area contributed by atoms with Crippen LogP contribution in [-0.2, 0) is 9.47 Å². The number of hydrogen-bond acceptors (Lipinski definition) is 2. The zero-order valence-electron chi connectivity index (χ0n) is 14.1. The zero-order valence-corrected chi connectivity index (χ0v) is 18.4. The van der Waals surface area contributed by atoms with Crippen LogP contribution in [0.25, 0.3) is 0 Å². The van der Waals surface area contributed by atoms with Crippen LogP contribution in [0.5, 0.6) is 0 Å². The number of quaternary nitrogens is 2. The molecule has 6 heteroatoms. The van der Waals surface area contributed by atoms with E-state index < -0.39 is 0 Å². The molecule has 0 aliphatic rings. The highest BCUT2D eigenvalue weighted by Gasteiger charge is 2.11. The van der Waals surface area contributed by atoms with Crippen LogP contribution < -0.4 is 48.0 Å². The predicted octanol–water partition coefficient (Wildman–Crippen LogP) is -4.78. The summed E-state index contributed by atoms with van der Waals surface area (Å²) in [6, 6.07) is 0. The van der Waals surface area contributed by atoms with Gasteiger partial charge in [-0.2, -0.15) is 0 Å². The number of nitrogens with zero attached hydrogens (tertiary/aromatic N) is 2. The van der Waals surface area contributed by atoms with Gasteiger partial charge in [0.15, 0.2) is 0 Å². The lowest BCUT2D eigenvalue weighted by molar-refractivity contribution is -0.889. The van der Waals surface area contributed by atoms with Crippen LogP contribution in [-0.4, -0.2) is 89.8 Å². The SMILES string of the molecule is CC[N+](C)(C)CCOCCOCC[N+](C)(C)CC.[I-].[I-]. The number of ether oxygens (including phenoxy) is 2. The maximum absolute atomic E-state index is 5.58. The highest BCUT2D eigenvalue weighted by molar-refractivity contribution is 4.35. The van der Waals surface area contributed by atoms with Crippen molar-refractivity contribution in [3.63, 3.8) is 0 Å². The molecular weight excluding hydrogens is 482 g/mol. The lowest BCUT2D eigenvalue weighted by atomic mass is 10.4. The van der Waals surface area contributed by atoms with Gasteiger partial charge in [0.05, 0.1) is 67.7 Å². The van der Waals surface area contributed by atoms with Crippen molar-refractivity contribution >= 4 is 0 Å². The lowest BCUT2D eigenvalue weighted by Crippen LogP contribution is -3.00. The molecule has 20 heavy (non-hydrogen) atoms. The van der Waals surface area contributed by atoms with E-state index in [-0.39, 0.29) is 48.0 Å². The summed E-state index contributed by atoms with van der Waals surface area (Å²) in [5.74, 6) is 0. The summed E-state index contributed by atoms with van der Waals surface area (Å²) in [4.78, 5) is 0. The van der Waals surface area contributed by atoms with Crippen molar-refractivity contribution in [2.45, 2.75) is 13.8 Å². The summed E-state index contributed by atoms with van der Waals surface area (Å²) in [7, 11) is 8.91. The Labute approximate surface area is 160 Å². The van der Waals surface area contributed by atoms with Crippen LogP contribution in [0.1, 0.15) is 13.8 Å². The van der Waals surface area contributed by atoms with Gasteiger partial charge in [0.25, 0.3) is 0 Å². The Balaban J connectivity index is -0.00000144. The molecular formula is C14H34I2N2O2. The monoisotopic (exact) mass is 516 g/mol. The van der Waals surface area contributed by atoms with Crippen LogP contribution in [0.2, 0.25) is 0 Å². The molecule has 0 atom stereocenters. The molecule has 0 fully saturated rings. The van der Waals surface area contributed by atoms with Crippen molar-refractivity contribution in [3.8, 4) is 0 Å². The van der Waals surface area contributed by atoms with E-state index in [9.17, 15) is 0 Å². The van der Waals surface area contributed by atoms with E-state index in [0.717, 1.165) is 48.4 Å². The third kappa shape index (κ3) is 15.7. The van der Waals surface area contributed by atoms with Crippen molar-refractivity contribution in [1.29, 1.82) is 0 Å². The van der Waals surface area contributed by atoms with Gasteiger partial charge in [-0.3, -0.25) is 0 Å². The van der Waals surface area contributed by atoms with Crippen LogP contribution in [0.3, 0.4) is 0 Å². The molecule has 0 aromatic carbocycles.